The molecule has 0 saturated carbocycles. The first kappa shape index (κ1) is 27.8. The van der Waals surface area contributed by atoms with Crippen molar-refractivity contribution < 1.29 is 17.0 Å². The van der Waals surface area contributed by atoms with Gasteiger partial charge in [0.2, 0.25) is 0 Å². The van der Waals surface area contributed by atoms with Gasteiger partial charge in [0.1, 0.15) is 23.2 Å². The number of halogens is 1. The van der Waals surface area contributed by atoms with Gasteiger partial charge in [-0.05, 0) is 67.5 Å². The maximum atomic E-state index is 2.47. The molecule has 0 radical (unpaired) electrons. The van der Waals surface area contributed by atoms with E-state index in [1.54, 1.807) is 0 Å². The summed E-state index contributed by atoms with van der Waals surface area (Å²) in [6.45, 7) is 7.22. The van der Waals surface area contributed by atoms with Crippen molar-refractivity contribution in [2.45, 2.75) is 65.7 Å². The summed E-state index contributed by atoms with van der Waals surface area (Å²) in [5, 5.41) is 4.54. The highest BCUT2D eigenvalue weighted by Crippen LogP contribution is 2.56. The van der Waals surface area contributed by atoms with Gasteiger partial charge in [-0.15, -0.1) is 0 Å². The topological polar surface area (TPSA) is 0 Å². The quantitative estimate of drug-likeness (QED) is 0.218. The Morgan fingerprint density at radius 3 is 1.36 bits per heavy atom. The van der Waals surface area contributed by atoms with Gasteiger partial charge in [-0.1, -0.05) is 101 Å². The second-order valence-corrected chi connectivity index (χ2v) is 13.2. The van der Waals surface area contributed by atoms with E-state index < -0.39 is 7.26 Å². The van der Waals surface area contributed by atoms with Gasteiger partial charge in [0.25, 0.3) is 0 Å². The third kappa shape index (κ3) is 7.80. The third-order valence-corrected chi connectivity index (χ3v) is 11.4. The van der Waals surface area contributed by atoms with Gasteiger partial charge in [0.15, 0.2) is 0 Å². The number of rotatable bonds is 13. The van der Waals surface area contributed by atoms with Crippen LogP contribution in [-0.2, 0) is 0 Å². The van der Waals surface area contributed by atoms with E-state index >= 15 is 0 Å². The molecule has 0 aliphatic carbocycles. The zero-order valence-electron chi connectivity index (χ0n) is 20.8. The van der Waals surface area contributed by atoms with Crippen LogP contribution in [0.2, 0.25) is 0 Å². The Bertz CT molecular complexity index is 782. The van der Waals surface area contributed by atoms with E-state index in [0.29, 0.717) is 0 Å². The molecule has 0 nitrogen and oxygen atoms in total. The summed E-state index contributed by atoms with van der Waals surface area (Å²) >= 11 is 0. The van der Waals surface area contributed by atoms with E-state index in [1.807, 2.05) is 0 Å². The van der Waals surface area contributed by atoms with Crippen molar-refractivity contribution in [3.63, 3.8) is 0 Å². The van der Waals surface area contributed by atoms with E-state index in [4.69, 9.17) is 0 Å². The van der Waals surface area contributed by atoms with Crippen molar-refractivity contribution in [3.05, 3.63) is 91.0 Å². The van der Waals surface area contributed by atoms with Crippen molar-refractivity contribution in [1.82, 2.24) is 0 Å². The number of hydrogen-bond acceptors (Lipinski definition) is 0. The maximum Gasteiger partial charge on any atom is 0.112 e. The van der Waals surface area contributed by atoms with Gasteiger partial charge >= 0.3 is 0 Å². The predicted octanol–water partition coefficient (Wildman–Crippen LogP) is 5.01. The molecule has 0 saturated heterocycles. The molecule has 0 fully saturated rings. The first-order valence-corrected chi connectivity index (χ1v) is 14.7. The summed E-state index contributed by atoms with van der Waals surface area (Å²) < 4.78 is 0. The Kier molecular flexibility index (Phi) is 12.4. The average molecular weight is 526 g/mol. The maximum absolute atomic E-state index is 2.47. The van der Waals surface area contributed by atoms with Crippen LogP contribution in [0.15, 0.2) is 91.0 Å². The number of unbranched alkanes of at least 4 members (excludes halogenated alkanes) is 2. The summed E-state index contributed by atoms with van der Waals surface area (Å²) in [6, 6.07) is 34.0. The molecule has 3 aromatic rings. The molecule has 3 aromatic carbocycles. The zero-order chi connectivity index (χ0) is 22.7. The fraction of sp³-hybridized carbons (Fsp3) is 0.419. The fourth-order valence-electron chi connectivity index (χ4n) is 5.20. The lowest BCUT2D eigenvalue weighted by molar-refractivity contribution is -0.00000679. The van der Waals surface area contributed by atoms with Gasteiger partial charge in [-0.2, -0.15) is 0 Å². The standard InChI is InChI=1S/C31H42P.BrH/c1-4-5-17-27(2)26-28(3)18-15-16-25-32(29-19-9-6-10-20-29,30-21-11-7-12-22-30)31-23-13-8-14-24-31;/h6-14,19-24,27-28H,4-5,15-18,25-26H2,1-3H3;1H/q+1;/p-1/t27-,28+;/m0./s1. The molecule has 0 bridgehead atoms. The van der Waals surface area contributed by atoms with Crippen LogP contribution in [0.1, 0.15) is 65.7 Å². The minimum atomic E-state index is -1.66. The predicted molar refractivity (Wildman–Crippen MR) is 146 cm³/mol. The van der Waals surface area contributed by atoms with Crippen molar-refractivity contribution in [2.24, 2.45) is 11.8 Å². The highest BCUT2D eigenvalue weighted by Gasteiger charge is 2.44. The highest BCUT2D eigenvalue weighted by atomic mass is 79.9. The molecular weight excluding hydrogens is 483 g/mol. The van der Waals surface area contributed by atoms with E-state index in [2.05, 4.69) is 112 Å². The molecule has 0 aromatic heterocycles. The van der Waals surface area contributed by atoms with Crippen LogP contribution >= 0.6 is 7.26 Å². The van der Waals surface area contributed by atoms with Gasteiger partial charge in [-0.25, -0.2) is 0 Å². The van der Waals surface area contributed by atoms with Crippen LogP contribution in [0.5, 0.6) is 0 Å². The van der Waals surface area contributed by atoms with Gasteiger partial charge in [0, 0.05) is 0 Å². The van der Waals surface area contributed by atoms with Gasteiger partial charge in [-0.3, -0.25) is 0 Å². The molecule has 178 valence electrons. The van der Waals surface area contributed by atoms with Crippen molar-refractivity contribution >= 4 is 23.2 Å². The Morgan fingerprint density at radius 1 is 0.576 bits per heavy atom. The van der Waals surface area contributed by atoms with Crippen molar-refractivity contribution in [2.75, 3.05) is 6.16 Å². The molecule has 0 aliphatic rings. The molecule has 3 rings (SSSR count). The molecule has 33 heavy (non-hydrogen) atoms. The van der Waals surface area contributed by atoms with Crippen LogP contribution in [0.3, 0.4) is 0 Å². The summed E-state index contributed by atoms with van der Waals surface area (Å²) in [7, 11) is -1.66. The smallest absolute Gasteiger partial charge is 0.112 e. The second kappa shape index (κ2) is 14.7. The van der Waals surface area contributed by atoms with Crippen LogP contribution in [0.4, 0.5) is 0 Å². The SMILES string of the molecule is CCCC[C@H](C)C[C@H](C)CCCC[P+](c1ccccc1)(c1ccccc1)c1ccccc1.[Br-]. The van der Waals surface area contributed by atoms with Crippen molar-refractivity contribution in [1.29, 1.82) is 0 Å². The van der Waals surface area contributed by atoms with Crippen LogP contribution in [0, 0.1) is 11.8 Å². The molecule has 2 atom stereocenters. The summed E-state index contributed by atoms with van der Waals surface area (Å²) in [4.78, 5) is 0. The lowest BCUT2D eigenvalue weighted by Gasteiger charge is -2.28. The minimum absolute atomic E-state index is 0. The first-order valence-electron chi connectivity index (χ1n) is 12.7. The highest BCUT2D eigenvalue weighted by molar-refractivity contribution is 7.95. The Morgan fingerprint density at radius 2 is 0.970 bits per heavy atom. The van der Waals surface area contributed by atoms with E-state index in [-0.39, 0.29) is 17.0 Å². The first-order chi connectivity index (χ1) is 15.7. The third-order valence-electron chi connectivity index (χ3n) is 6.89. The second-order valence-electron chi connectivity index (χ2n) is 9.62. The molecule has 2 heteroatoms. The molecule has 0 heterocycles. The lowest BCUT2D eigenvalue weighted by Crippen LogP contribution is -3.00. The summed E-state index contributed by atoms with van der Waals surface area (Å²) in [6.07, 6.45) is 10.7. The Hall–Kier alpha value is -1.43. The molecule has 0 unspecified atom stereocenters. The summed E-state index contributed by atoms with van der Waals surface area (Å²) in [5.41, 5.74) is 0. The van der Waals surface area contributed by atoms with Crippen LogP contribution in [-0.4, -0.2) is 6.16 Å². The van der Waals surface area contributed by atoms with Crippen LogP contribution in [0.25, 0.3) is 0 Å². The van der Waals surface area contributed by atoms with Gasteiger partial charge < -0.3 is 17.0 Å². The Labute approximate surface area is 214 Å². The van der Waals surface area contributed by atoms with E-state index in [1.165, 1.54) is 67.0 Å². The molecule has 0 N–H and O–H groups in total. The number of benzene rings is 3. The minimum Gasteiger partial charge on any atom is -1.00 e. The Balaban J connectivity index is 0.00000385. The summed E-state index contributed by atoms with van der Waals surface area (Å²) in [5.74, 6) is 1.70. The van der Waals surface area contributed by atoms with E-state index in [0.717, 1.165) is 11.8 Å². The normalized spacial score (nSPS) is 13.2. The average Bonchev–Trinajstić information content (AvgIpc) is 2.84. The fourth-order valence-corrected chi connectivity index (χ4v) is 9.61. The lowest BCUT2D eigenvalue weighted by atomic mass is 9.90. The zero-order valence-corrected chi connectivity index (χ0v) is 23.3. The molecule has 0 aliphatic heterocycles. The van der Waals surface area contributed by atoms with Crippen molar-refractivity contribution in [3.8, 4) is 0 Å². The molecule has 0 amide bonds. The molecule has 0 spiro atoms. The largest absolute Gasteiger partial charge is 1.00 e. The van der Waals surface area contributed by atoms with Gasteiger partial charge in [0.05, 0.1) is 6.16 Å². The van der Waals surface area contributed by atoms with Crippen LogP contribution < -0.4 is 32.9 Å². The van der Waals surface area contributed by atoms with E-state index in [9.17, 15) is 0 Å². The monoisotopic (exact) mass is 524 g/mol. The number of hydrogen-bond donors (Lipinski definition) is 0. The molecular formula is C31H42BrP.